The Kier molecular flexibility index (Phi) is 6.02. The first kappa shape index (κ1) is 19.9. The van der Waals surface area contributed by atoms with Gasteiger partial charge in [-0.25, -0.2) is 8.78 Å². The number of nitrogens with one attached hydrogen (secondary N) is 1. The summed E-state index contributed by atoms with van der Waals surface area (Å²) in [5.74, 6) is 0.584. The van der Waals surface area contributed by atoms with Gasteiger partial charge in [0.1, 0.15) is 11.6 Å². The number of halogens is 2. The van der Waals surface area contributed by atoms with Crippen molar-refractivity contribution in [2.24, 2.45) is 10.7 Å². The SMILES string of the molecule is COc1ccc(CCNC(N)=NCC2(c3ccc(F)cc3F)CC2)cc1OC. The first-order chi connectivity index (χ1) is 13.5. The molecule has 150 valence electrons. The van der Waals surface area contributed by atoms with Gasteiger partial charge in [0, 0.05) is 18.0 Å². The number of rotatable bonds is 8. The second kappa shape index (κ2) is 8.46. The number of hydrogen-bond donors (Lipinski definition) is 2. The molecule has 0 atom stereocenters. The molecular weight excluding hydrogens is 364 g/mol. The minimum atomic E-state index is -0.572. The van der Waals surface area contributed by atoms with E-state index >= 15 is 0 Å². The number of nitrogens with zero attached hydrogens (tertiary/aromatic N) is 1. The Morgan fingerprint density at radius 1 is 1.11 bits per heavy atom. The third kappa shape index (κ3) is 4.52. The maximum Gasteiger partial charge on any atom is 0.188 e. The number of hydrogen-bond acceptors (Lipinski definition) is 3. The minimum absolute atomic E-state index is 0.314. The van der Waals surface area contributed by atoms with E-state index in [0.717, 1.165) is 30.9 Å². The van der Waals surface area contributed by atoms with Crippen LogP contribution in [0.25, 0.3) is 0 Å². The molecule has 0 aliphatic heterocycles. The summed E-state index contributed by atoms with van der Waals surface area (Å²) in [7, 11) is 3.20. The van der Waals surface area contributed by atoms with Crippen LogP contribution in [0.2, 0.25) is 0 Å². The van der Waals surface area contributed by atoms with Crippen LogP contribution in [0.5, 0.6) is 11.5 Å². The molecule has 2 aromatic rings. The lowest BCUT2D eigenvalue weighted by Gasteiger charge is -2.15. The Hall–Kier alpha value is -2.83. The number of methoxy groups -OCH3 is 2. The van der Waals surface area contributed by atoms with E-state index in [-0.39, 0.29) is 5.41 Å². The quantitative estimate of drug-likeness (QED) is 0.538. The molecule has 3 rings (SSSR count). The van der Waals surface area contributed by atoms with Crippen LogP contribution in [0.4, 0.5) is 8.78 Å². The summed E-state index contributed by atoms with van der Waals surface area (Å²) >= 11 is 0. The number of guanidine groups is 1. The van der Waals surface area contributed by atoms with Gasteiger partial charge in [0.05, 0.1) is 20.8 Å². The Morgan fingerprint density at radius 2 is 1.86 bits per heavy atom. The average molecular weight is 389 g/mol. The number of ether oxygens (including phenoxy) is 2. The summed E-state index contributed by atoms with van der Waals surface area (Å²) in [5.41, 5.74) is 7.17. The molecule has 28 heavy (non-hydrogen) atoms. The minimum Gasteiger partial charge on any atom is -0.493 e. The van der Waals surface area contributed by atoms with E-state index in [0.29, 0.717) is 36.1 Å². The van der Waals surface area contributed by atoms with Crippen LogP contribution in [-0.2, 0) is 11.8 Å². The van der Waals surface area contributed by atoms with Crippen molar-refractivity contribution >= 4 is 5.96 Å². The van der Waals surface area contributed by atoms with Gasteiger partial charge in [-0.2, -0.15) is 0 Å². The highest BCUT2D eigenvalue weighted by atomic mass is 19.1. The van der Waals surface area contributed by atoms with Crippen LogP contribution in [0.1, 0.15) is 24.0 Å². The monoisotopic (exact) mass is 389 g/mol. The second-order valence-corrected chi connectivity index (χ2v) is 6.97. The maximum absolute atomic E-state index is 14.1. The van der Waals surface area contributed by atoms with Crippen molar-refractivity contribution in [2.45, 2.75) is 24.7 Å². The van der Waals surface area contributed by atoms with E-state index < -0.39 is 11.6 Å². The molecule has 0 heterocycles. The van der Waals surface area contributed by atoms with Crippen LogP contribution in [0.3, 0.4) is 0 Å². The fraction of sp³-hybridized carbons (Fsp3) is 0.381. The van der Waals surface area contributed by atoms with Gasteiger partial charge >= 0.3 is 0 Å². The smallest absolute Gasteiger partial charge is 0.188 e. The summed E-state index contributed by atoms with van der Waals surface area (Å²) in [6.45, 7) is 0.980. The van der Waals surface area contributed by atoms with Crippen LogP contribution < -0.4 is 20.5 Å². The molecule has 0 bridgehead atoms. The highest BCUT2D eigenvalue weighted by molar-refractivity contribution is 5.77. The largest absolute Gasteiger partial charge is 0.493 e. The molecular formula is C21H25F2N3O2. The number of benzene rings is 2. The molecule has 0 amide bonds. The zero-order valence-electron chi connectivity index (χ0n) is 16.1. The van der Waals surface area contributed by atoms with Crippen LogP contribution in [-0.4, -0.2) is 33.3 Å². The summed E-state index contributed by atoms with van der Waals surface area (Å²) in [5, 5.41) is 3.07. The zero-order valence-corrected chi connectivity index (χ0v) is 16.1. The highest BCUT2D eigenvalue weighted by Gasteiger charge is 2.46. The van der Waals surface area contributed by atoms with Gasteiger partial charge in [0.15, 0.2) is 17.5 Å². The Balaban J connectivity index is 1.54. The third-order valence-corrected chi connectivity index (χ3v) is 5.08. The van der Waals surface area contributed by atoms with Crippen molar-refractivity contribution in [1.82, 2.24) is 5.32 Å². The first-order valence-electron chi connectivity index (χ1n) is 9.18. The number of aliphatic imine (C=N–C) groups is 1. The Labute approximate surface area is 163 Å². The molecule has 1 aliphatic carbocycles. The predicted molar refractivity (Wildman–Crippen MR) is 105 cm³/mol. The van der Waals surface area contributed by atoms with E-state index in [1.807, 2.05) is 18.2 Å². The first-order valence-corrected chi connectivity index (χ1v) is 9.18. The van der Waals surface area contributed by atoms with Crippen LogP contribution in [0, 0.1) is 11.6 Å². The molecule has 0 aromatic heterocycles. The van der Waals surface area contributed by atoms with E-state index in [1.165, 1.54) is 12.1 Å². The third-order valence-electron chi connectivity index (χ3n) is 5.08. The molecule has 1 aliphatic rings. The van der Waals surface area contributed by atoms with E-state index in [9.17, 15) is 8.78 Å². The van der Waals surface area contributed by atoms with Gasteiger partial charge in [-0.05, 0) is 48.6 Å². The van der Waals surface area contributed by atoms with Gasteiger partial charge in [-0.3, -0.25) is 4.99 Å². The summed E-state index contributed by atoms with van der Waals surface area (Å²) in [4.78, 5) is 4.37. The zero-order chi connectivity index (χ0) is 20.1. The summed E-state index contributed by atoms with van der Waals surface area (Å²) in [6, 6.07) is 9.46. The van der Waals surface area contributed by atoms with Crippen LogP contribution in [0.15, 0.2) is 41.4 Å². The van der Waals surface area contributed by atoms with Crippen molar-refractivity contribution in [3.63, 3.8) is 0 Å². The fourth-order valence-corrected chi connectivity index (χ4v) is 3.25. The van der Waals surface area contributed by atoms with Crippen molar-refractivity contribution < 1.29 is 18.3 Å². The van der Waals surface area contributed by atoms with Gasteiger partial charge in [-0.1, -0.05) is 12.1 Å². The van der Waals surface area contributed by atoms with Crippen molar-refractivity contribution in [3.8, 4) is 11.5 Å². The van der Waals surface area contributed by atoms with Gasteiger partial charge in [-0.15, -0.1) is 0 Å². The normalized spacial score (nSPS) is 15.2. The van der Waals surface area contributed by atoms with E-state index in [4.69, 9.17) is 15.2 Å². The molecule has 1 fully saturated rings. The van der Waals surface area contributed by atoms with Crippen LogP contribution >= 0.6 is 0 Å². The average Bonchev–Trinajstić information content (AvgIpc) is 3.47. The lowest BCUT2D eigenvalue weighted by molar-refractivity contribution is 0.354. The lowest BCUT2D eigenvalue weighted by Crippen LogP contribution is -2.34. The maximum atomic E-state index is 14.1. The van der Waals surface area contributed by atoms with Gasteiger partial charge in [0.2, 0.25) is 0 Å². The Bertz CT molecular complexity index is 867. The molecule has 5 nitrogen and oxygen atoms in total. The van der Waals surface area contributed by atoms with Gasteiger partial charge in [0.25, 0.3) is 0 Å². The molecule has 0 saturated heterocycles. The van der Waals surface area contributed by atoms with Gasteiger partial charge < -0.3 is 20.5 Å². The van der Waals surface area contributed by atoms with E-state index in [1.54, 1.807) is 14.2 Å². The number of nitrogens with two attached hydrogens (primary N) is 1. The van der Waals surface area contributed by atoms with Crippen molar-refractivity contribution in [3.05, 3.63) is 59.2 Å². The molecule has 0 unspecified atom stereocenters. The molecule has 3 N–H and O–H groups in total. The fourth-order valence-electron chi connectivity index (χ4n) is 3.25. The van der Waals surface area contributed by atoms with Crippen molar-refractivity contribution in [2.75, 3.05) is 27.3 Å². The molecule has 7 heteroatoms. The predicted octanol–water partition coefficient (Wildman–Crippen LogP) is 3.16. The second-order valence-electron chi connectivity index (χ2n) is 6.97. The van der Waals surface area contributed by atoms with E-state index in [2.05, 4.69) is 10.3 Å². The van der Waals surface area contributed by atoms with Crippen molar-refractivity contribution in [1.29, 1.82) is 0 Å². The highest BCUT2D eigenvalue weighted by Crippen LogP contribution is 2.49. The standard InChI is InChI=1S/C21H25F2N3O2/c1-27-18-6-3-14(11-19(18)28-2)7-10-25-20(24)26-13-21(8-9-21)16-5-4-15(22)12-17(16)23/h3-6,11-12H,7-10,13H2,1-2H3,(H3,24,25,26). The molecule has 0 spiro atoms. The lowest BCUT2D eigenvalue weighted by atomic mass is 9.95. The molecule has 0 radical (unpaired) electrons. The Morgan fingerprint density at radius 3 is 2.50 bits per heavy atom. The summed E-state index contributed by atoms with van der Waals surface area (Å²) in [6.07, 6.45) is 2.37. The molecule has 1 saturated carbocycles. The topological polar surface area (TPSA) is 68.9 Å². The molecule has 2 aromatic carbocycles. The summed E-state index contributed by atoms with van der Waals surface area (Å²) < 4.78 is 37.7.